The van der Waals surface area contributed by atoms with Crippen LogP contribution >= 0.6 is 0 Å². The minimum Gasteiger partial charge on any atom is -0.423 e. The Labute approximate surface area is 82.8 Å². The van der Waals surface area contributed by atoms with E-state index in [2.05, 4.69) is 0 Å². The Bertz CT molecular complexity index is 349. The van der Waals surface area contributed by atoms with E-state index in [0.717, 1.165) is 0 Å². The molecule has 0 saturated heterocycles. The second kappa shape index (κ2) is 6.67. The molecular formula is C9H9BN2O2. The van der Waals surface area contributed by atoms with Gasteiger partial charge in [0.1, 0.15) is 0 Å². The Morgan fingerprint density at radius 1 is 1.14 bits per heavy atom. The van der Waals surface area contributed by atoms with Gasteiger partial charge in [0.2, 0.25) is 0 Å². The van der Waals surface area contributed by atoms with Crippen LogP contribution in [0.2, 0.25) is 0 Å². The maximum absolute atomic E-state index is 8.66. The maximum Gasteiger partial charge on any atom is 0.488 e. The Morgan fingerprint density at radius 3 is 1.86 bits per heavy atom. The van der Waals surface area contributed by atoms with Crippen LogP contribution < -0.4 is 5.46 Å². The van der Waals surface area contributed by atoms with E-state index in [-0.39, 0.29) is 0 Å². The van der Waals surface area contributed by atoms with E-state index in [1.54, 1.807) is 6.07 Å². The highest BCUT2D eigenvalue weighted by atomic mass is 16.4. The number of nitriles is 2. The molecule has 0 fully saturated rings. The Kier molecular flexibility index (Phi) is 5.81. The van der Waals surface area contributed by atoms with Crippen molar-refractivity contribution in [1.82, 2.24) is 0 Å². The van der Waals surface area contributed by atoms with E-state index in [1.165, 1.54) is 31.2 Å². The van der Waals surface area contributed by atoms with E-state index in [0.29, 0.717) is 11.0 Å². The molecule has 1 aromatic carbocycles. The van der Waals surface area contributed by atoms with Crippen LogP contribution in [0.4, 0.5) is 0 Å². The molecule has 0 aliphatic rings. The molecule has 5 heteroatoms. The lowest BCUT2D eigenvalue weighted by atomic mass is 9.80. The van der Waals surface area contributed by atoms with E-state index >= 15 is 0 Å². The Morgan fingerprint density at radius 2 is 1.57 bits per heavy atom. The number of rotatable bonds is 1. The molecule has 0 spiro atoms. The zero-order valence-electron chi connectivity index (χ0n) is 7.68. The third kappa shape index (κ3) is 4.27. The Hall–Kier alpha value is -1.82. The van der Waals surface area contributed by atoms with Gasteiger partial charge in [0, 0.05) is 6.92 Å². The van der Waals surface area contributed by atoms with Gasteiger partial charge in [-0.05, 0) is 17.6 Å². The number of hydrogen-bond acceptors (Lipinski definition) is 4. The van der Waals surface area contributed by atoms with Crippen LogP contribution in [0.15, 0.2) is 24.3 Å². The summed E-state index contributed by atoms with van der Waals surface area (Å²) in [6.07, 6.45) is 0. The van der Waals surface area contributed by atoms with Crippen LogP contribution in [-0.2, 0) is 0 Å². The second-order valence-corrected chi connectivity index (χ2v) is 2.33. The van der Waals surface area contributed by atoms with Gasteiger partial charge in [-0.25, -0.2) is 0 Å². The predicted molar refractivity (Wildman–Crippen MR) is 52.3 cm³/mol. The highest BCUT2D eigenvalue weighted by Crippen LogP contribution is 1.93. The van der Waals surface area contributed by atoms with Crippen LogP contribution in [0.1, 0.15) is 12.5 Å². The molecule has 4 nitrogen and oxygen atoms in total. The molecule has 2 N–H and O–H groups in total. The predicted octanol–water partition coefficient (Wildman–Crippen LogP) is -0.232. The van der Waals surface area contributed by atoms with E-state index < -0.39 is 7.12 Å². The quantitative estimate of drug-likeness (QED) is 0.595. The highest BCUT2D eigenvalue weighted by molar-refractivity contribution is 6.58. The molecule has 0 aromatic heterocycles. The zero-order chi connectivity index (χ0) is 11.0. The molecule has 1 aromatic rings. The first kappa shape index (κ1) is 12.2. The van der Waals surface area contributed by atoms with Crippen LogP contribution in [0.25, 0.3) is 0 Å². The van der Waals surface area contributed by atoms with Gasteiger partial charge in [-0.1, -0.05) is 12.1 Å². The fourth-order valence-electron chi connectivity index (χ4n) is 0.730. The first-order valence-electron chi connectivity index (χ1n) is 3.82. The number of hydrogen-bond donors (Lipinski definition) is 2. The smallest absolute Gasteiger partial charge is 0.423 e. The summed E-state index contributed by atoms with van der Waals surface area (Å²) in [5, 5.41) is 33.0. The summed E-state index contributed by atoms with van der Waals surface area (Å²) < 4.78 is 0. The number of nitrogens with zero attached hydrogens (tertiary/aromatic N) is 2. The largest absolute Gasteiger partial charge is 0.488 e. The molecule has 0 radical (unpaired) electrons. The van der Waals surface area contributed by atoms with Crippen molar-refractivity contribution in [2.75, 3.05) is 0 Å². The summed E-state index contributed by atoms with van der Waals surface area (Å²) in [6, 6.07) is 9.76. The summed E-state index contributed by atoms with van der Waals surface area (Å²) in [5.41, 5.74) is 0.901. The van der Waals surface area contributed by atoms with Gasteiger partial charge >= 0.3 is 7.12 Å². The SMILES string of the molecule is CC#N.N#Cc1ccc(B(O)O)cc1. The molecule has 0 saturated carbocycles. The molecule has 14 heavy (non-hydrogen) atoms. The fourth-order valence-corrected chi connectivity index (χ4v) is 0.730. The summed E-state index contributed by atoms with van der Waals surface area (Å²) in [7, 11) is -1.46. The molecule has 1 rings (SSSR count). The lowest BCUT2D eigenvalue weighted by molar-refractivity contribution is 0.426. The minimum atomic E-state index is -1.46. The van der Waals surface area contributed by atoms with Crippen LogP contribution in [-0.4, -0.2) is 17.2 Å². The molecule has 0 aliphatic carbocycles. The van der Waals surface area contributed by atoms with Gasteiger partial charge in [-0.2, -0.15) is 10.5 Å². The van der Waals surface area contributed by atoms with Gasteiger partial charge in [0.05, 0.1) is 17.7 Å². The third-order valence-electron chi connectivity index (χ3n) is 1.34. The van der Waals surface area contributed by atoms with Crippen LogP contribution in [0, 0.1) is 22.7 Å². The average molecular weight is 188 g/mol. The molecule has 70 valence electrons. The van der Waals surface area contributed by atoms with E-state index in [9.17, 15) is 0 Å². The first-order valence-corrected chi connectivity index (χ1v) is 3.82. The van der Waals surface area contributed by atoms with Crippen molar-refractivity contribution in [3.05, 3.63) is 29.8 Å². The fraction of sp³-hybridized carbons (Fsp3) is 0.111. The summed E-state index contributed by atoms with van der Waals surface area (Å²) in [5.74, 6) is 0. The lowest BCUT2D eigenvalue weighted by Crippen LogP contribution is -2.29. The third-order valence-corrected chi connectivity index (χ3v) is 1.34. The molecule has 0 heterocycles. The van der Waals surface area contributed by atoms with Gasteiger partial charge in [-0.15, -0.1) is 0 Å². The standard InChI is InChI=1S/C7H6BNO2.C2H3N/c9-5-6-1-3-7(4-2-6)8(10)11;1-2-3/h1-4,10-11H;1H3. The molecular weight excluding hydrogens is 179 g/mol. The van der Waals surface area contributed by atoms with Crippen molar-refractivity contribution >= 4 is 12.6 Å². The van der Waals surface area contributed by atoms with Gasteiger partial charge in [0.15, 0.2) is 0 Å². The molecule has 0 bridgehead atoms. The van der Waals surface area contributed by atoms with Crippen molar-refractivity contribution in [3.8, 4) is 12.1 Å². The van der Waals surface area contributed by atoms with Gasteiger partial charge < -0.3 is 10.0 Å². The summed E-state index contributed by atoms with van der Waals surface area (Å²) in [4.78, 5) is 0. The number of benzene rings is 1. The second-order valence-electron chi connectivity index (χ2n) is 2.33. The van der Waals surface area contributed by atoms with Gasteiger partial charge in [-0.3, -0.25) is 0 Å². The minimum absolute atomic E-state index is 0.393. The average Bonchev–Trinajstić information content (AvgIpc) is 2.19. The molecule has 0 atom stereocenters. The van der Waals surface area contributed by atoms with Crippen LogP contribution in [0.3, 0.4) is 0 Å². The van der Waals surface area contributed by atoms with Crippen molar-refractivity contribution in [3.63, 3.8) is 0 Å². The maximum atomic E-state index is 8.66. The zero-order valence-corrected chi connectivity index (χ0v) is 7.68. The van der Waals surface area contributed by atoms with Crippen molar-refractivity contribution in [1.29, 1.82) is 10.5 Å². The summed E-state index contributed by atoms with van der Waals surface area (Å²) in [6.45, 7) is 1.43. The molecule has 0 amide bonds. The van der Waals surface area contributed by atoms with Crippen molar-refractivity contribution in [2.24, 2.45) is 0 Å². The first-order chi connectivity index (χ1) is 6.65. The highest BCUT2D eigenvalue weighted by Gasteiger charge is 2.08. The summed E-state index contributed by atoms with van der Waals surface area (Å²) >= 11 is 0. The van der Waals surface area contributed by atoms with E-state index in [4.69, 9.17) is 20.6 Å². The van der Waals surface area contributed by atoms with Gasteiger partial charge in [0.25, 0.3) is 0 Å². The molecule has 0 unspecified atom stereocenters. The normalized spacial score (nSPS) is 7.50. The van der Waals surface area contributed by atoms with Crippen molar-refractivity contribution in [2.45, 2.75) is 6.92 Å². The topological polar surface area (TPSA) is 88.0 Å². The lowest BCUT2D eigenvalue weighted by Gasteiger charge is -1.96. The van der Waals surface area contributed by atoms with Crippen LogP contribution in [0.5, 0.6) is 0 Å². The Balaban J connectivity index is 0.000000500. The van der Waals surface area contributed by atoms with Crippen molar-refractivity contribution < 1.29 is 10.0 Å². The molecule has 0 aliphatic heterocycles. The monoisotopic (exact) mass is 188 g/mol. The van der Waals surface area contributed by atoms with E-state index in [1.807, 2.05) is 6.07 Å².